The van der Waals surface area contributed by atoms with Crippen molar-refractivity contribution >= 4 is 24.3 Å². The van der Waals surface area contributed by atoms with Crippen molar-refractivity contribution in [1.29, 1.82) is 0 Å². The molecule has 0 saturated carbocycles. The van der Waals surface area contributed by atoms with Crippen LogP contribution in [0.25, 0.3) is 0 Å². The summed E-state index contributed by atoms with van der Waals surface area (Å²) in [5.41, 5.74) is 0. The molecule has 6 heteroatoms. The van der Waals surface area contributed by atoms with Crippen molar-refractivity contribution in [2.24, 2.45) is 5.92 Å². The number of hydrogen-bond donors (Lipinski definition) is 2. The van der Waals surface area contributed by atoms with Crippen LogP contribution in [0.1, 0.15) is 46.0 Å². The number of piperidine rings is 1. The maximum atomic E-state index is 11.4. The molecule has 5 nitrogen and oxygen atoms in total. The Morgan fingerprint density at radius 3 is 2.65 bits per heavy atom. The lowest BCUT2D eigenvalue weighted by Crippen LogP contribution is -2.48. The van der Waals surface area contributed by atoms with Crippen LogP contribution >= 0.6 is 12.4 Å². The van der Waals surface area contributed by atoms with Gasteiger partial charge in [-0.15, -0.1) is 12.4 Å². The topological polar surface area (TPSA) is 69.6 Å². The van der Waals surface area contributed by atoms with E-state index >= 15 is 0 Å². The number of halogens is 1. The zero-order valence-electron chi connectivity index (χ0n) is 12.4. The fourth-order valence-electron chi connectivity index (χ4n) is 2.71. The van der Waals surface area contributed by atoms with Crippen LogP contribution in [0, 0.1) is 5.92 Å². The number of aliphatic carboxylic acids is 1. The van der Waals surface area contributed by atoms with Crippen molar-refractivity contribution in [3.63, 3.8) is 0 Å². The highest BCUT2D eigenvalue weighted by Crippen LogP contribution is 2.19. The molecule has 0 bridgehead atoms. The minimum Gasteiger partial charge on any atom is -0.480 e. The number of nitrogens with one attached hydrogen (secondary N) is 1. The number of carbonyl (C=O) groups excluding carboxylic acids is 1. The number of carbonyl (C=O) groups is 2. The maximum Gasteiger partial charge on any atom is 0.320 e. The molecule has 0 radical (unpaired) electrons. The number of rotatable bonds is 7. The first-order valence-electron chi connectivity index (χ1n) is 7.32. The Morgan fingerprint density at radius 2 is 2.10 bits per heavy atom. The zero-order chi connectivity index (χ0) is 14.3. The third kappa shape index (κ3) is 6.09. The van der Waals surface area contributed by atoms with Gasteiger partial charge in [-0.3, -0.25) is 14.5 Å². The fourth-order valence-corrected chi connectivity index (χ4v) is 2.71. The normalized spacial score (nSPS) is 20.8. The second-order valence-electron chi connectivity index (χ2n) is 5.32. The van der Waals surface area contributed by atoms with Gasteiger partial charge in [-0.05, 0) is 38.1 Å². The van der Waals surface area contributed by atoms with E-state index in [1.807, 2.05) is 18.7 Å². The van der Waals surface area contributed by atoms with Crippen molar-refractivity contribution in [2.75, 3.05) is 19.6 Å². The van der Waals surface area contributed by atoms with Crippen molar-refractivity contribution in [3.05, 3.63) is 0 Å². The van der Waals surface area contributed by atoms with Crippen LogP contribution in [0.2, 0.25) is 0 Å². The molecule has 20 heavy (non-hydrogen) atoms. The molecular weight excluding hydrogens is 280 g/mol. The Labute approximate surface area is 127 Å². The molecule has 1 aliphatic heterocycles. The predicted molar refractivity (Wildman–Crippen MR) is 81.2 cm³/mol. The van der Waals surface area contributed by atoms with E-state index in [-0.39, 0.29) is 24.4 Å². The summed E-state index contributed by atoms with van der Waals surface area (Å²) in [6.45, 7) is 6.19. The Kier molecular flexibility index (Phi) is 9.59. The van der Waals surface area contributed by atoms with Gasteiger partial charge in [0.25, 0.3) is 0 Å². The quantitative estimate of drug-likeness (QED) is 0.754. The number of carboxylic acids is 1. The highest BCUT2D eigenvalue weighted by atomic mass is 35.5. The highest BCUT2D eigenvalue weighted by molar-refractivity contribution is 5.85. The van der Waals surface area contributed by atoms with Crippen LogP contribution in [0.5, 0.6) is 0 Å². The lowest BCUT2D eigenvalue weighted by Gasteiger charge is -2.36. The van der Waals surface area contributed by atoms with Crippen LogP contribution in [-0.4, -0.2) is 47.6 Å². The molecular formula is C14H27ClN2O3. The first-order chi connectivity index (χ1) is 9.08. The maximum absolute atomic E-state index is 11.4. The number of amides is 1. The average Bonchev–Trinajstić information content (AvgIpc) is 2.38. The summed E-state index contributed by atoms with van der Waals surface area (Å²) >= 11 is 0. The predicted octanol–water partition coefficient (Wildman–Crippen LogP) is 1.90. The molecule has 0 aliphatic carbocycles. The minimum atomic E-state index is -0.738. The first-order valence-corrected chi connectivity index (χ1v) is 7.32. The van der Waals surface area contributed by atoms with E-state index in [0.717, 1.165) is 32.4 Å². The monoisotopic (exact) mass is 306 g/mol. The van der Waals surface area contributed by atoms with E-state index in [2.05, 4.69) is 5.32 Å². The highest BCUT2D eigenvalue weighted by Gasteiger charge is 2.29. The van der Waals surface area contributed by atoms with Gasteiger partial charge in [0.15, 0.2) is 0 Å². The summed E-state index contributed by atoms with van der Waals surface area (Å²) in [6, 6.07) is -0.380. The number of hydrogen-bond acceptors (Lipinski definition) is 3. The largest absolute Gasteiger partial charge is 0.480 e. The molecule has 118 valence electrons. The van der Waals surface area contributed by atoms with Gasteiger partial charge in [0.2, 0.25) is 5.91 Å². The van der Waals surface area contributed by atoms with Crippen LogP contribution in [0.4, 0.5) is 0 Å². The van der Waals surface area contributed by atoms with E-state index in [1.165, 1.54) is 0 Å². The Hall–Kier alpha value is -0.810. The molecule has 0 aromatic carbocycles. The van der Waals surface area contributed by atoms with Gasteiger partial charge < -0.3 is 10.4 Å². The average molecular weight is 307 g/mol. The molecule has 2 N–H and O–H groups in total. The number of carboxylic acid groups (broad SMARTS) is 1. The van der Waals surface area contributed by atoms with Gasteiger partial charge in [-0.1, -0.05) is 13.8 Å². The molecule has 1 fully saturated rings. The molecule has 2 atom stereocenters. The van der Waals surface area contributed by atoms with Crippen LogP contribution in [-0.2, 0) is 9.59 Å². The minimum absolute atomic E-state index is 0. The molecule has 1 saturated heterocycles. The number of nitrogens with zero attached hydrogens (tertiary/aromatic N) is 1. The summed E-state index contributed by atoms with van der Waals surface area (Å²) in [6.07, 6.45) is 4.14. The zero-order valence-corrected chi connectivity index (χ0v) is 13.2. The second-order valence-corrected chi connectivity index (χ2v) is 5.32. The van der Waals surface area contributed by atoms with Gasteiger partial charge in [-0.2, -0.15) is 0 Å². The summed E-state index contributed by atoms with van der Waals surface area (Å²) in [4.78, 5) is 24.7. The lowest BCUT2D eigenvalue weighted by molar-refractivity contribution is -0.144. The van der Waals surface area contributed by atoms with E-state index < -0.39 is 5.97 Å². The van der Waals surface area contributed by atoms with Crippen molar-refractivity contribution in [2.45, 2.75) is 52.0 Å². The van der Waals surface area contributed by atoms with E-state index in [0.29, 0.717) is 25.3 Å². The van der Waals surface area contributed by atoms with Crippen molar-refractivity contribution in [3.8, 4) is 0 Å². The summed E-state index contributed by atoms with van der Waals surface area (Å²) in [5.74, 6) is -0.258. The third-order valence-electron chi connectivity index (χ3n) is 3.73. The molecule has 1 rings (SSSR count). The lowest BCUT2D eigenvalue weighted by atomic mass is 9.96. The Balaban J connectivity index is 0.00000361. The summed E-state index contributed by atoms with van der Waals surface area (Å²) in [7, 11) is 0. The van der Waals surface area contributed by atoms with Gasteiger partial charge in [0.05, 0.1) is 0 Å². The summed E-state index contributed by atoms with van der Waals surface area (Å²) < 4.78 is 0. The molecule has 1 heterocycles. The molecule has 0 spiro atoms. The SMILES string of the molecule is CCCC(=O)NCC1CCCN(C(CC)C(=O)O)C1.Cl. The third-order valence-corrected chi connectivity index (χ3v) is 3.73. The summed E-state index contributed by atoms with van der Waals surface area (Å²) in [5, 5.41) is 12.1. The molecule has 2 unspecified atom stereocenters. The van der Waals surface area contributed by atoms with Gasteiger partial charge >= 0.3 is 5.97 Å². The first kappa shape index (κ1) is 19.2. The van der Waals surface area contributed by atoms with E-state index in [4.69, 9.17) is 0 Å². The molecule has 1 amide bonds. The number of likely N-dealkylation sites (tertiary alicyclic amines) is 1. The smallest absolute Gasteiger partial charge is 0.320 e. The molecule has 0 aromatic heterocycles. The molecule has 0 aromatic rings. The van der Waals surface area contributed by atoms with Crippen LogP contribution in [0.3, 0.4) is 0 Å². The van der Waals surface area contributed by atoms with E-state index in [9.17, 15) is 14.7 Å². The Bertz CT molecular complexity index is 313. The Morgan fingerprint density at radius 1 is 1.40 bits per heavy atom. The standard InChI is InChI=1S/C14H26N2O3.ClH/c1-3-6-13(17)15-9-11-7-5-8-16(10-11)12(4-2)14(18)19;/h11-12H,3-10H2,1-2H3,(H,15,17)(H,18,19);1H. The van der Waals surface area contributed by atoms with Gasteiger partial charge in [0.1, 0.15) is 6.04 Å². The van der Waals surface area contributed by atoms with Crippen molar-refractivity contribution in [1.82, 2.24) is 10.2 Å². The van der Waals surface area contributed by atoms with Crippen LogP contribution < -0.4 is 5.32 Å². The van der Waals surface area contributed by atoms with Crippen LogP contribution in [0.15, 0.2) is 0 Å². The second kappa shape index (κ2) is 10.00. The fraction of sp³-hybridized carbons (Fsp3) is 0.857. The van der Waals surface area contributed by atoms with Gasteiger partial charge in [-0.25, -0.2) is 0 Å². The van der Waals surface area contributed by atoms with Crippen molar-refractivity contribution < 1.29 is 14.7 Å². The molecule has 1 aliphatic rings. The van der Waals surface area contributed by atoms with Gasteiger partial charge in [0, 0.05) is 19.5 Å². The van der Waals surface area contributed by atoms with E-state index in [1.54, 1.807) is 0 Å².